The van der Waals surface area contributed by atoms with Crippen LogP contribution < -0.4 is 11.3 Å². The van der Waals surface area contributed by atoms with Gasteiger partial charge < -0.3 is 4.90 Å². The van der Waals surface area contributed by atoms with Crippen molar-refractivity contribution < 1.29 is 9.32 Å². The van der Waals surface area contributed by atoms with Gasteiger partial charge in [-0.1, -0.05) is 80.9 Å². The van der Waals surface area contributed by atoms with Gasteiger partial charge in [-0.15, -0.1) is 0 Å². The average molecular weight is 596 g/mol. The number of aryl methyl sites for hydroxylation is 1. The maximum Gasteiger partial charge on any atom is 0.439 e. The molecule has 230 valence electrons. The smallest absolute Gasteiger partial charge is 0.342 e. The summed E-state index contributed by atoms with van der Waals surface area (Å²) in [6, 6.07) is 15.7. The van der Waals surface area contributed by atoms with E-state index in [4.69, 9.17) is 9.51 Å². The second-order valence-corrected chi connectivity index (χ2v) is 12.8. The van der Waals surface area contributed by atoms with Gasteiger partial charge in [-0.05, 0) is 54.2 Å². The van der Waals surface area contributed by atoms with Crippen LogP contribution in [0.25, 0.3) is 22.5 Å². The molecule has 3 heterocycles. The third kappa shape index (κ3) is 6.47. The highest BCUT2D eigenvalue weighted by Gasteiger charge is 2.33. The molecular weight excluding hydrogens is 554 g/mol. The molecule has 2 atom stereocenters. The third-order valence-corrected chi connectivity index (χ3v) is 8.87. The van der Waals surface area contributed by atoms with Crippen LogP contribution in [-0.4, -0.2) is 43.6 Å². The normalized spacial score (nSPS) is 18.5. The Morgan fingerprint density at radius 2 is 1.70 bits per heavy atom. The fourth-order valence-electron chi connectivity index (χ4n) is 6.60. The summed E-state index contributed by atoms with van der Waals surface area (Å²) in [6.07, 6.45) is 5.96. The van der Waals surface area contributed by atoms with Crippen LogP contribution in [0.15, 0.2) is 62.6 Å². The van der Waals surface area contributed by atoms with Gasteiger partial charge in [-0.2, -0.15) is 0 Å². The number of benzene rings is 2. The maximum absolute atomic E-state index is 14.3. The van der Waals surface area contributed by atoms with Crippen LogP contribution in [0.5, 0.6) is 0 Å². The van der Waals surface area contributed by atoms with Crippen molar-refractivity contribution >= 4 is 5.91 Å². The minimum Gasteiger partial charge on any atom is -0.342 e. The Bertz CT molecular complexity index is 1740. The Kier molecular flexibility index (Phi) is 8.64. The van der Waals surface area contributed by atoms with Gasteiger partial charge in [-0.3, -0.25) is 23.7 Å². The lowest BCUT2D eigenvalue weighted by atomic mass is 9.91. The first-order chi connectivity index (χ1) is 21.3. The highest BCUT2D eigenvalue weighted by molar-refractivity contribution is 5.80. The van der Waals surface area contributed by atoms with Crippen molar-refractivity contribution in [1.82, 2.24) is 24.6 Å². The molecule has 0 radical (unpaired) electrons. The van der Waals surface area contributed by atoms with Crippen molar-refractivity contribution in [3.63, 3.8) is 0 Å². The number of aromatic amines is 1. The zero-order chi connectivity index (χ0) is 30.8. The van der Waals surface area contributed by atoms with Gasteiger partial charge in [0.1, 0.15) is 5.82 Å². The molecule has 1 aliphatic carbocycles. The first kappa shape index (κ1) is 29.8. The number of carbonyl (C=O) groups excluding carboxylic acids is 1. The largest absolute Gasteiger partial charge is 0.439 e. The standard InChI is InChI=1S/C35H41N5O4/c1-4-5-10-30-36-32(26-15-16-26)29(18-31(41)39-19-22(2)17-23(3)20-39)34(42)40(30)21-24-11-13-25(14-12-24)27-8-6-7-9-28(27)33-37-35(43)44-38-33/h6-9,11-14,22-23,26H,4-5,10,15-21H2,1-3H3,(H,37,38,43). The SMILES string of the molecule is CCCCc1nc(C2CC2)c(CC(=O)N2CC(C)CC(C)C2)c(=O)n1Cc1ccc(-c2ccccc2-c2noc(=O)[nH]2)cc1. The number of nitrogens with one attached hydrogen (secondary N) is 1. The van der Waals surface area contributed by atoms with Crippen molar-refractivity contribution in [2.24, 2.45) is 11.8 Å². The third-order valence-electron chi connectivity index (χ3n) is 8.87. The number of hydrogen-bond acceptors (Lipinski definition) is 6. The van der Waals surface area contributed by atoms with Gasteiger partial charge in [0.05, 0.1) is 18.7 Å². The summed E-state index contributed by atoms with van der Waals surface area (Å²) in [5.74, 6) is 1.82. The van der Waals surface area contributed by atoms with E-state index in [-0.39, 0.29) is 23.8 Å². The highest BCUT2D eigenvalue weighted by atomic mass is 16.5. The van der Waals surface area contributed by atoms with Gasteiger partial charge in [0.2, 0.25) is 5.91 Å². The molecule has 6 rings (SSSR count). The molecule has 2 aromatic heterocycles. The molecule has 9 nitrogen and oxygen atoms in total. The summed E-state index contributed by atoms with van der Waals surface area (Å²) in [5, 5.41) is 3.86. The molecule has 0 bridgehead atoms. The highest BCUT2D eigenvalue weighted by Crippen LogP contribution is 2.40. The van der Waals surface area contributed by atoms with Gasteiger partial charge in [-0.25, -0.2) is 9.78 Å². The molecule has 2 unspecified atom stereocenters. The van der Waals surface area contributed by atoms with Gasteiger partial charge in [0.25, 0.3) is 5.56 Å². The topological polar surface area (TPSA) is 114 Å². The Labute approximate surface area is 257 Å². The van der Waals surface area contributed by atoms with E-state index >= 15 is 0 Å². The Morgan fingerprint density at radius 1 is 1.00 bits per heavy atom. The number of piperidine rings is 1. The Hall–Kier alpha value is -4.27. The van der Waals surface area contributed by atoms with E-state index in [1.165, 1.54) is 0 Å². The van der Waals surface area contributed by atoms with E-state index in [2.05, 4.69) is 30.9 Å². The number of likely N-dealkylation sites (tertiary alicyclic amines) is 1. The number of unbranched alkanes of at least 4 members (excludes halogenated alkanes) is 1. The number of hydrogen-bond donors (Lipinski definition) is 1. The number of aromatic nitrogens is 4. The van der Waals surface area contributed by atoms with Crippen LogP contribution in [0.4, 0.5) is 0 Å². The molecule has 1 saturated heterocycles. The molecule has 9 heteroatoms. The summed E-state index contributed by atoms with van der Waals surface area (Å²) in [5.41, 5.74) is 4.93. The molecule has 2 aromatic carbocycles. The Balaban J connectivity index is 1.32. The predicted octanol–water partition coefficient (Wildman–Crippen LogP) is 5.57. The van der Waals surface area contributed by atoms with E-state index in [1.807, 2.05) is 53.4 Å². The monoisotopic (exact) mass is 595 g/mol. The van der Waals surface area contributed by atoms with Gasteiger partial charge >= 0.3 is 5.76 Å². The molecular formula is C35H41N5O4. The first-order valence-electron chi connectivity index (χ1n) is 16.0. The molecule has 4 aromatic rings. The molecule has 1 amide bonds. The van der Waals surface area contributed by atoms with Gasteiger partial charge in [0, 0.05) is 36.6 Å². The van der Waals surface area contributed by atoms with E-state index in [0.717, 1.165) is 85.4 Å². The van der Waals surface area contributed by atoms with E-state index in [0.29, 0.717) is 29.8 Å². The predicted molar refractivity (Wildman–Crippen MR) is 169 cm³/mol. The first-order valence-corrected chi connectivity index (χ1v) is 16.0. The summed E-state index contributed by atoms with van der Waals surface area (Å²) in [4.78, 5) is 49.1. The summed E-state index contributed by atoms with van der Waals surface area (Å²) in [7, 11) is 0. The molecule has 2 fully saturated rings. The molecule has 0 spiro atoms. The number of carbonyl (C=O) groups is 1. The van der Waals surface area contributed by atoms with Crippen molar-refractivity contribution in [2.45, 2.75) is 78.2 Å². The summed E-state index contributed by atoms with van der Waals surface area (Å²) >= 11 is 0. The zero-order valence-corrected chi connectivity index (χ0v) is 25.8. The molecule has 44 heavy (non-hydrogen) atoms. The second-order valence-electron chi connectivity index (χ2n) is 12.8. The number of amides is 1. The minimum absolute atomic E-state index is 0.0357. The van der Waals surface area contributed by atoms with Crippen molar-refractivity contribution in [3.8, 4) is 22.5 Å². The fraction of sp³-hybridized carbons (Fsp3) is 0.457. The average Bonchev–Trinajstić information content (AvgIpc) is 3.77. The van der Waals surface area contributed by atoms with Crippen LogP contribution in [0, 0.1) is 11.8 Å². The fourth-order valence-corrected chi connectivity index (χ4v) is 6.60. The Morgan fingerprint density at radius 3 is 2.34 bits per heavy atom. The van der Waals surface area contributed by atoms with Crippen LogP contribution in [0.3, 0.4) is 0 Å². The lowest BCUT2D eigenvalue weighted by Gasteiger charge is -2.35. The quantitative estimate of drug-likeness (QED) is 0.256. The maximum atomic E-state index is 14.3. The zero-order valence-electron chi connectivity index (χ0n) is 25.8. The van der Waals surface area contributed by atoms with E-state index < -0.39 is 5.76 Å². The van der Waals surface area contributed by atoms with E-state index in [9.17, 15) is 14.4 Å². The van der Waals surface area contributed by atoms with Crippen molar-refractivity contribution in [3.05, 3.63) is 92.1 Å². The van der Waals surface area contributed by atoms with E-state index in [1.54, 1.807) is 4.57 Å². The molecule has 2 aliphatic rings. The lowest BCUT2D eigenvalue weighted by molar-refractivity contribution is -0.133. The van der Waals surface area contributed by atoms with Gasteiger partial charge in [0.15, 0.2) is 5.82 Å². The summed E-state index contributed by atoms with van der Waals surface area (Å²) < 4.78 is 6.53. The van der Waals surface area contributed by atoms with Crippen LogP contribution in [-0.2, 0) is 24.2 Å². The second kappa shape index (κ2) is 12.8. The van der Waals surface area contributed by atoms with Crippen LogP contribution in [0.1, 0.15) is 81.4 Å². The minimum atomic E-state index is -0.600. The van der Waals surface area contributed by atoms with Crippen molar-refractivity contribution in [1.29, 1.82) is 0 Å². The number of nitrogens with zero attached hydrogens (tertiary/aromatic N) is 4. The number of H-pyrrole nitrogens is 1. The molecule has 1 N–H and O–H groups in total. The molecule has 1 saturated carbocycles. The van der Waals surface area contributed by atoms with Crippen molar-refractivity contribution in [2.75, 3.05) is 13.1 Å². The molecule has 1 aliphatic heterocycles. The lowest BCUT2D eigenvalue weighted by Crippen LogP contribution is -2.44. The summed E-state index contributed by atoms with van der Waals surface area (Å²) in [6.45, 7) is 8.42. The number of rotatable bonds is 10. The van der Waals surface area contributed by atoms with Crippen LogP contribution in [0.2, 0.25) is 0 Å². The van der Waals surface area contributed by atoms with Crippen LogP contribution >= 0.6 is 0 Å².